The molecule has 1 atom stereocenters. The van der Waals surface area contributed by atoms with Crippen molar-refractivity contribution < 1.29 is 9.90 Å². The second-order valence-electron chi connectivity index (χ2n) is 11.5. The van der Waals surface area contributed by atoms with Gasteiger partial charge >= 0.3 is 0 Å². The molecule has 2 N–H and O–H groups in total. The summed E-state index contributed by atoms with van der Waals surface area (Å²) >= 11 is 0. The van der Waals surface area contributed by atoms with Gasteiger partial charge in [-0.2, -0.15) is 0 Å². The molecule has 1 aliphatic rings. The van der Waals surface area contributed by atoms with Gasteiger partial charge in [-0.1, -0.05) is 121 Å². The number of aliphatic hydroxyl groups excluding tert-OH is 1. The van der Waals surface area contributed by atoms with E-state index in [0.29, 0.717) is 11.1 Å². The third kappa shape index (κ3) is 7.07. The van der Waals surface area contributed by atoms with Gasteiger partial charge in [-0.15, -0.1) is 0 Å². The van der Waals surface area contributed by atoms with Crippen LogP contribution in [0.25, 0.3) is 5.57 Å². The first kappa shape index (κ1) is 27.2. The third-order valence-corrected chi connectivity index (χ3v) is 7.70. The molecule has 0 aliphatic heterocycles. The largest absolute Gasteiger partial charge is 0.369 e. The van der Waals surface area contributed by atoms with E-state index >= 15 is 0 Å². The van der Waals surface area contributed by atoms with Gasteiger partial charge in [0.2, 0.25) is 0 Å². The maximum Gasteiger partial charge on any atom is 0.253 e. The summed E-state index contributed by atoms with van der Waals surface area (Å²) < 4.78 is 0. The van der Waals surface area contributed by atoms with Gasteiger partial charge in [0.15, 0.2) is 6.23 Å². The third-order valence-electron chi connectivity index (χ3n) is 7.70. The number of unbranched alkanes of at least 4 members (excludes halogenated alkanes) is 6. The summed E-state index contributed by atoms with van der Waals surface area (Å²) in [4.78, 5) is 13.4. The highest BCUT2D eigenvalue weighted by Crippen LogP contribution is 2.46. The van der Waals surface area contributed by atoms with Crippen molar-refractivity contribution in [3.05, 3.63) is 76.9 Å². The minimum absolute atomic E-state index is 0.0747. The second kappa shape index (κ2) is 12.0. The topological polar surface area (TPSA) is 49.3 Å². The van der Waals surface area contributed by atoms with Gasteiger partial charge in [-0.25, -0.2) is 0 Å². The van der Waals surface area contributed by atoms with Crippen LogP contribution in [0, 0.1) is 0 Å². The Kier molecular flexibility index (Phi) is 9.35. The highest BCUT2D eigenvalue weighted by molar-refractivity contribution is 6.19. The zero-order valence-electron chi connectivity index (χ0n) is 22.5. The molecule has 2 aromatic rings. The molecule has 0 heterocycles. The van der Waals surface area contributed by atoms with Crippen molar-refractivity contribution in [3.8, 4) is 0 Å². The summed E-state index contributed by atoms with van der Waals surface area (Å²) in [6.07, 6.45) is 11.5. The predicted octanol–water partition coefficient (Wildman–Crippen LogP) is 7.98. The average Bonchev–Trinajstić information content (AvgIpc) is 2.84. The molecule has 1 aliphatic carbocycles. The molecule has 0 aromatic heterocycles. The number of carbonyl (C=O) groups excluding carboxylic acids is 1. The van der Waals surface area contributed by atoms with E-state index in [2.05, 4.69) is 64.2 Å². The highest BCUT2D eigenvalue weighted by atomic mass is 16.3. The molecule has 35 heavy (non-hydrogen) atoms. The van der Waals surface area contributed by atoms with Gasteiger partial charge in [0, 0.05) is 11.1 Å². The fourth-order valence-electron chi connectivity index (χ4n) is 5.19. The number of fused-ring (bicyclic) bond motifs is 1. The van der Waals surface area contributed by atoms with Crippen LogP contribution in [0.3, 0.4) is 0 Å². The minimum Gasteiger partial charge on any atom is -0.369 e. The van der Waals surface area contributed by atoms with Crippen molar-refractivity contribution in [3.63, 3.8) is 0 Å². The summed E-state index contributed by atoms with van der Waals surface area (Å²) in [6.45, 7) is 11.5. The summed E-state index contributed by atoms with van der Waals surface area (Å²) in [5, 5.41) is 13.5. The molecule has 0 bridgehead atoms. The Bertz CT molecular complexity index is 1000. The molecular formula is C32H45NO2. The number of hydrogen-bond donors (Lipinski definition) is 2. The van der Waals surface area contributed by atoms with Crippen molar-refractivity contribution in [2.24, 2.45) is 0 Å². The van der Waals surface area contributed by atoms with Crippen LogP contribution in [0.1, 0.15) is 121 Å². The number of rotatable bonds is 11. The molecule has 1 amide bonds. The smallest absolute Gasteiger partial charge is 0.253 e. The van der Waals surface area contributed by atoms with Crippen LogP contribution in [-0.4, -0.2) is 11.0 Å². The Morgan fingerprint density at radius 2 is 1.54 bits per heavy atom. The lowest BCUT2D eigenvalue weighted by atomic mass is 9.63. The fraction of sp³-hybridized carbons (Fsp3) is 0.531. The van der Waals surface area contributed by atoms with Gasteiger partial charge in [-0.3, -0.25) is 4.79 Å². The predicted molar refractivity (Wildman–Crippen MR) is 147 cm³/mol. The normalized spacial score (nSPS) is 17.5. The Hall–Kier alpha value is -2.39. The van der Waals surface area contributed by atoms with E-state index in [-0.39, 0.29) is 16.7 Å². The number of amides is 1. The Morgan fingerprint density at radius 3 is 2.23 bits per heavy atom. The monoisotopic (exact) mass is 475 g/mol. The summed E-state index contributed by atoms with van der Waals surface area (Å²) in [5.74, 6) is -0.222. The van der Waals surface area contributed by atoms with Crippen molar-refractivity contribution in [2.45, 2.75) is 109 Å². The fourth-order valence-corrected chi connectivity index (χ4v) is 5.19. The van der Waals surface area contributed by atoms with E-state index < -0.39 is 6.23 Å². The summed E-state index contributed by atoms with van der Waals surface area (Å²) in [7, 11) is 0. The van der Waals surface area contributed by atoms with Crippen LogP contribution in [0.2, 0.25) is 0 Å². The SMILES string of the molecule is CCCCCCCCC=C(C(=O)NC(O)c1ccccc1)c1ccc2c(c1)C(C)(C)CCC2(C)C. The molecule has 1 unspecified atom stereocenters. The van der Waals surface area contributed by atoms with Crippen LogP contribution in [0.5, 0.6) is 0 Å². The molecule has 190 valence electrons. The van der Waals surface area contributed by atoms with Gasteiger partial charge in [0.25, 0.3) is 5.91 Å². The van der Waals surface area contributed by atoms with Crippen LogP contribution in [-0.2, 0) is 15.6 Å². The van der Waals surface area contributed by atoms with Crippen molar-refractivity contribution in [2.75, 3.05) is 0 Å². The van der Waals surface area contributed by atoms with Gasteiger partial charge in [0.1, 0.15) is 0 Å². The summed E-state index contributed by atoms with van der Waals surface area (Å²) in [5.41, 5.74) is 5.23. The Morgan fingerprint density at radius 1 is 0.914 bits per heavy atom. The maximum absolute atomic E-state index is 13.4. The molecule has 2 aromatic carbocycles. The molecular weight excluding hydrogens is 430 g/mol. The maximum atomic E-state index is 13.4. The van der Waals surface area contributed by atoms with Crippen molar-refractivity contribution in [1.29, 1.82) is 0 Å². The van der Waals surface area contributed by atoms with E-state index in [1.165, 1.54) is 43.2 Å². The van der Waals surface area contributed by atoms with Crippen LogP contribution in [0.15, 0.2) is 54.6 Å². The molecule has 0 fully saturated rings. The lowest BCUT2D eigenvalue weighted by Crippen LogP contribution is -2.34. The first-order valence-electron chi connectivity index (χ1n) is 13.5. The molecule has 3 heteroatoms. The highest BCUT2D eigenvalue weighted by Gasteiger charge is 2.37. The standard InChI is InChI=1S/C32H45NO2/c1-6-7-8-9-10-11-15-18-26(30(35)33-29(34)24-16-13-12-14-17-24)25-19-20-27-28(23-25)32(4,5)22-21-31(27,2)3/h12-14,16-20,23,29,34H,6-11,15,21-22H2,1-5H3,(H,33,35). The van der Waals surface area contributed by atoms with Crippen LogP contribution >= 0.6 is 0 Å². The molecule has 0 saturated carbocycles. The zero-order chi connectivity index (χ0) is 25.5. The number of carbonyl (C=O) groups is 1. The lowest BCUT2D eigenvalue weighted by molar-refractivity contribution is -0.118. The molecule has 0 radical (unpaired) electrons. The van der Waals surface area contributed by atoms with Gasteiger partial charge in [0.05, 0.1) is 0 Å². The van der Waals surface area contributed by atoms with E-state index in [0.717, 1.165) is 31.2 Å². The Balaban J connectivity index is 1.86. The minimum atomic E-state index is -1.03. The number of nitrogens with one attached hydrogen (secondary N) is 1. The number of aliphatic hydroxyl groups is 1. The van der Waals surface area contributed by atoms with E-state index in [4.69, 9.17) is 0 Å². The molecule has 3 nitrogen and oxygen atoms in total. The Labute approximate surface area is 213 Å². The van der Waals surface area contributed by atoms with E-state index in [1.54, 1.807) is 0 Å². The molecule has 0 spiro atoms. The quantitative estimate of drug-likeness (QED) is 0.197. The van der Waals surface area contributed by atoms with Gasteiger partial charge < -0.3 is 10.4 Å². The first-order chi connectivity index (χ1) is 16.7. The average molecular weight is 476 g/mol. The first-order valence-corrected chi connectivity index (χ1v) is 13.5. The molecule has 3 rings (SSSR count). The summed E-state index contributed by atoms with van der Waals surface area (Å²) in [6, 6.07) is 15.9. The second-order valence-corrected chi connectivity index (χ2v) is 11.5. The van der Waals surface area contributed by atoms with Gasteiger partial charge in [-0.05, 0) is 53.2 Å². The van der Waals surface area contributed by atoms with Crippen LogP contribution in [0.4, 0.5) is 0 Å². The van der Waals surface area contributed by atoms with Crippen molar-refractivity contribution >= 4 is 11.5 Å². The van der Waals surface area contributed by atoms with Crippen LogP contribution < -0.4 is 5.32 Å². The lowest BCUT2D eigenvalue weighted by Gasteiger charge is -2.42. The van der Waals surface area contributed by atoms with E-state index in [9.17, 15) is 9.90 Å². The number of benzene rings is 2. The van der Waals surface area contributed by atoms with E-state index in [1.807, 2.05) is 30.3 Å². The number of hydrogen-bond acceptors (Lipinski definition) is 2. The van der Waals surface area contributed by atoms with Crippen molar-refractivity contribution in [1.82, 2.24) is 5.32 Å². The zero-order valence-corrected chi connectivity index (χ0v) is 22.5. The molecule has 0 saturated heterocycles. The number of allylic oxidation sites excluding steroid dienone is 1.